The molecule has 0 saturated heterocycles. The topological polar surface area (TPSA) is 65.4 Å². The van der Waals surface area contributed by atoms with E-state index < -0.39 is 10.0 Å². The molecule has 29 heavy (non-hydrogen) atoms. The van der Waals surface area contributed by atoms with Crippen LogP contribution in [0.25, 0.3) is 10.9 Å². The molecule has 5 nitrogen and oxygen atoms in total. The van der Waals surface area contributed by atoms with Crippen LogP contribution in [0.1, 0.15) is 21.5 Å². The molecule has 0 bridgehead atoms. The number of carbonyl (C=O) groups is 1. The number of carbonyl (C=O) groups excluding carboxylic acids is 1. The van der Waals surface area contributed by atoms with Crippen LogP contribution in [0, 0.1) is 6.92 Å². The number of aryl methyl sites for hydroxylation is 1. The van der Waals surface area contributed by atoms with Crippen molar-refractivity contribution in [1.82, 2.24) is 3.97 Å². The second-order valence-corrected chi connectivity index (χ2v) is 8.54. The monoisotopic (exact) mass is 405 g/mol. The molecule has 0 aliphatic heterocycles. The Kier molecular flexibility index (Phi) is 4.72. The maximum absolute atomic E-state index is 13.1. The molecule has 146 valence electrons. The number of rotatable bonds is 5. The molecule has 0 N–H and O–H groups in total. The van der Waals surface area contributed by atoms with E-state index >= 15 is 0 Å². The van der Waals surface area contributed by atoms with Gasteiger partial charge in [-0.3, -0.25) is 4.79 Å². The van der Waals surface area contributed by atoms with Gasteiger partial charge in [-0.15, -0.1) is 0 Å². The maximum Gasteiger partial charge on any atom is 0.268 e. The summed E-state index contributed by atoms with van der Waals surface area (Å²) in [6.07, 6.45) is 1.49. The number of ether oxygens (including phenoxy) is 1. The van der Waals surface area contributed by atoms with E-state index in [1.807, 2.05) is 6.92 Å². The van der Waals surface area contributed by atoms with Gasteiger partial charge in [0.1, 0.15) is 5.75 Å². The number of hydrogen-bond acceptors (Lipinski definition) is 4. The lowest BCUT2D eigenvalue weighted by Crippen LogP contribution is -2.12. The molecule has 0 aliphatic rings. The first-order valence-electron chi connectivity index (χ1n) is 9.03. The van der Waals surface area contributed by atoms with Crippen molar-refractivity contribution in [1.29, 1.82) is 0 Å². The van der Waals surface area contributed by atoms with Crippen molar-refractivity contribution in [2.75, 3.05) is 7.11 Å². The van der Waals surface area contributed by atoms with E-state index in [1.54, 1.807) is 79.9 Å². The third-order valence-corrected chi connectivity index (χ3v) is 6.58. The van der Waals surface area contributed by atoms with Crippen LogP contribution < -0.4 is 4.74 Å². The van der Waals surface area contributed by atoms with Crippen molar-refractivity contribution in [3.63, 3.8) is 0 Å². The highest BCUT2D eigenvalue weighted by molar-refractivity contribution is 7.90. The van der Waals surface area contributed by atoms with Crippen LogP contribution in [0.15, 0.2) is 83.9 Å². The van der Waals surface area contributed by atoms with E-state index in [4.69, 9.17) is 4.74 Å². The Morgan fingerprint density at radius 3 is 2.24 bits per heavy atom. The number of benzene rings is 3. The first-order chi connectivity index (χ1) is 13.9. The van der Waals surface area contributed by atoms with E-state index in [2.05, 4.69) is 0 Å². The highest BCUT2D eigenvalue weighted by Gasteiger charge is 2.21. The summed E-state index contributed by atoms with van der Waals surface area (Å²) in [4.78, 5) is 13.2. The fourth-order valence-electron chi connectivity index (χ4n) is 3.27. The first-order valence-corrected chi connectivity index (χ1v) is 10.5. The lowest BCUT2D eigenvalue weighted by Gasteiger charge is -2.09. The number of ketones is 1. The molecule has 0 aliphatic carbocycles. The second kappa shape index (κ2) is 7.22. The summed E-state index contributed by atoms with van der Waals surface area (Å²) in [5.41, 5.74) is 2.40. The number of methoxy groups -OCH3 is 1. The Morgan fingerprint density at radius 2 is 1.59 bits per heavy atom. The van der Waals surface area contributed by atoms with Crippen LogP contribution in [0.3, 0.4) is 0 Å². The maximum atomic E-state index is 13.1. The fourth-order valence-corrected chi connectivity index (χ4v) is 4.62. The zero-order valence-electron chi connectivity index (χ0n) is 16.0. The van der Waals surface area contributed by atoms with Crippen molar-refractivity contribution < 1.29 is 17.9 Å². The van der Waals surface area contributed by atoms with E-state index in [0.29, 0.717) is 27.8 Å². The number of hydrogen-bond donors (Lipinski definition) is 0. The summed E-state index contributed by atoms with van der Waals surface area (Å²) >= 11 is 0. The minimum absolute atomic E-state index is 0.177. The van der Waals surface area contributed by atoms with Gasteiger partial charge in [-0.25, -0.2) is 12.4 Å². The molecule has 0 atom stereocenters. The zero-order chi connectivity index (χ0) is 20.6. The Bertz CT molecular complexity index is 1300. The highest BCUT2D eigenvalue weighted by Crippen LogP contribution is 2.27. The van der Waals surface area contributed by atoms with Crippen LogP contribution in [-0.2, 0) is 10.0 Å². The number of aromatic nitrogens is 1. The largest absolute Gasteiger partial charge is 0.497 e. The average molecular weight is 405 g/mol. The van der Waals surface area contributed by atoms with Crippen LogP contribution in [0.2, 0.25) is 0 Å². The van der Waals surface area contributed by atoms with Crippen LogP contribution in [0.4, 0.5) is 0 Å². The van der Waals surface area contributed by atoms with Crippen molar-refractivity contribution in [3.8, 4) is 5.75 Å². The molecule has 0 unspecified atom stereocenters. The van der Waals surface area contributed by atoms with Gasteiger partial charge in [0.15, 0.2) is 5.78 Å². The van der Waals surface area contributed by atoms with Gasteiger partial charge in [0.25, 0.3) is 10.0 Å². The molecule has 0 fully saturated rings. The summed E-state index contributed by atoms with van der Waals surface area (Å²) in [6.45, 7) is 1.90. The minimum Gasteiger partial charge on any atom is -0.497 e. The molecule has 1 heterocycles. The van der Waals surface area contributed by atoms with E-state index in [0.717, 1.165) is 5.56 Å². The minimum atomic E-state index is -3.77. The van der Waals surface area contributed by atoms with E-state index in [-0.39, 0.29) is 10.7 Å². The lowest BCUT2D eigenvalue weighted by atomic mass is 10.00. The molecule has 0 spiro atoms. The van der Waals surface area contributed by atoms with E-state index in [9.17, 15) is 13.2 Å². The zero-order valence-corrected chi connectivity index (χ0v) is 16.8. The quantitative estimate of drug-likeness (QED) is 0.461. The number of fused-ring (bicyclic) bond motifs is 1. The standard InChI is InChI=1S/C23H19NO4S/c1-16-6-12-19(13-7-16)29(26,27)24-15-14-20-21(4-3-5-22(20)24)23(25)17-8-10-18(28-2)11-9-17/h3-15H,1-2H3. The molecule has 1 aromatic heterocycles. The first kappa shape index (κ1) is 19.0. The Labute approximate surface area is 169 Å². The molecule has 4 rings (SSSR count). The predicted molar refractivity (Wildman–Crippen MR) is 112 cm³/mol. The third-order valence-electron chi connectivity index (χ3n) is 4.87. The summed E-state index contributed by atoms with van der Waals surface area (Å²) in [6, 6.07) is 20.3. The van der Waals surface area contributed by atoms with Gasteiger partial charge in [-0.1, -0.05) is 29.8 Å². The molecule has 0 radical (unpaired) electrons. The molecular formula is C23H19NO4S. The molecule has 4 aromatic rings. The van der Waals surface area contributed by atoms with Gasteiger partial charge in [0.05, 0.1) is 17.5 Å². The molecule has 3 aromatic carbocycles. The normalized spacial score (nSPS) is 11.5. The Morgan fingerprint density at radius 1 is 0.897 bits per heavy atom. The fraction of sp³-hybridized carbons (Fsp3) is 0.0870. The highest BCUT2D eigenvalue weighted by atomic mass is 32.2. The summed E-state index contributed by atoms with van der Waals surface area (Å²) < 4.78 is 32.6. The van der Waals surface area contributed by atoms with Gasteiger partial charge in [0.2, 0.25) is 0 Å². The predicted octanol–water partition coefficient (Wildman–Crippen LogP) is 4.43. The van der Waals surface area contributed by atoms with Gasteiger partial charge < -0.3 is 4.74 Å². The average Bonchev–Trinajstić information content (AvgIpc) is 3.19. The van der Waals surface area contributed by atoms with Crippen molar-refractivity contribution in [2.24, 2.45) is 0 Å². The Balaban J connectivity index is 1.81. The third kappa shape index (κ3) is 3.32. The smallest absolute Gasteiger partial charge is 0.268 e. The van der Waals surface area contributed by atoms with Gasteiger partial charge in [0, 0.05) is 22.7 Å². The summed E-state index contributed by atoms with van der Waals surface area (Å²) in [7, 11) is -2.20. The molecule has 0 saturated carbocycles. The van der Waals surface area contributed by atoms with Gasteiger partial charge in [-0.2, -0.15) is 0 Å². The Hall–Kier alpha value is -3.38. The van der Waals surface area contributed by atoms with Crippen LogP contribution in [-0.4, -0.2) is 25.3 Å². The molecule has 0 amide bonds. The SMILES string of the molecule is COc1ccc(C(=O)c2cccc3c2ccn3S(=O)(=O)c2ccc(C)cc2)cc1. The van der Waals surface area contributed by atoms with Crippen molar-refractivity contribution in [3.05, 3.63) is 95.7 Å². The van der Waals surface area contributed by atoms with Crippen molar-refractivity contribution in [2.45, 2.75) is 11.8 Å². The van der Waals surface area contributed by atoms with Crippen LogP contribution >= 0.6 is 0 Å². The van der Waals surface area contributed by atoms with E-state index in [1.165, 1.54) is 10.2 Å². The molecular weight excluding hydrogens is 386 g/mol. The van der Waals surface area contributed by atoms with Crippen LogP contribution in [0.5, 0.6) is 5.75 Å². The summed E-state index contributed by atoms with van der Waals surface area (Å²) in [5, 5.41) is 0.587. The van der Waals surface area contributed by atoms with Gasteiger partial charge in [-0.05, 0) is 55.5 Å². The second-order valence-electron chi connectivity index (χ2n) is 6.73. The lowest BCUT2D eigenvalue weighted by molar-refractivity contribution is 0.104. The summed E-state index contributed by atoms with van der Waals surface area (Å²) in [5.74, 6) is 0.485. The number of nitrogens with zero attached hydrogens (tertiary/aromatic N) is 1. The van der Waals surface area contributed by atoms with Gasteiger partial charge >= 0.3 is 0 Å². The molecule has 6 heteroatoms. The van der Waals surface area contributed by atoms with Crippen molar-refractivity contribution >= 4 is 26.7 Å².